The fraction of sp³-hybridized carbons (Fsp3) is 0.650. The Kier molecular flexibility index (Phi) is 8.62. The third-order valence-corrected chi connectivity index (χ3v) is 6.23. The fourth-order valence-corrected chi connectivity index (χ4v) is 4.22. The van der Waals surface area contributed by atoms with Gasteiger partial charge in [-0.3, -0.25) is 9.89 Å². The average Bonchev–Trinajstić information content (AvgIpc) is 3.11. The Bertz CT molecular complexity index is 542. The largest absolute Gasteiger partial charge is 0.354 e. The van der Waals surface area contributed by atoms with Gasteiger partial charge >= 0.3 is 0 Å². The predicted molar refractivity (Wildman–Crippen MR) is 111 cm³/mol. The number of hydrogen-bond acceptors (Lipinski definition) is 3. The first-order valence-corrected chi connectivity index (χ1v) is 10.8. The highest BCUT2D eigenvalue weighted by Crippen LogP contribution is 2.28. The van der Waals surface area contributed by atoms with E-state index in [-0.39, 0.29) is 0 Å². The Labute approximate surface area is 157 Å². The monoisotopic (exact) mass is 362 g/mol. The minimum atomic E-state index is 0.551. The molecule has 140 valence electrons. The number of hydrogen-bond donors (Lipinski definition) is 2. The zero-order chi connectivity index (χ0) is 18.1. The van der Waals surface area contributed by atoms with Crippen molar-refractivity contribution >= 4 is 17.7 Å². The van der Waals surface area contributed by atoms with Gasteiger partial charge in [0.25, 0.3) is 0 Å². The number of aliphatic imine (C=N–C) groups is 1. The van der Waals surface area contributed by atoms with Crippen molar-refractivity contribution in [2.45, 2.75) is 57.5 Å². The van der Waals surface area contributed by atoms with Gasteiger partial charge in [0.2, 0.25) is 0 Å². The molecule has 4 nitrogen and oxygen atoms in total. The Morgan fingerprint density at radius 3 is 2.52 bits per heavy atom. The third kappa shape index (κ3) is 6.23. The highest BCUT2D eigenvalue weighted by Gasteiger charge is 2.24. The topological polar surface area (TPSA) is 39.7 Å². The molecule has 0 saturated heterocycles. The van der Waals surface area contributed by atoms with E-state index in [9.17, 15) is 0 Å². The summed E-state index contributed by atoms with van der Waals surface area (Å²) in [5.41, 5.74) is 2.75. The van der Waals surface area contributed by atoms with Crippen molar-refractivity contribution < 1.29 is 0 Å². The van der Waals surface area contributed by atoms with Crippen LogP contribution in [0.1, 0.15) is 44.2 Å². The number of rotatable bonds is 8. The Morgan fingerprint density at radius 1 is 1.20 bits per heavy atom. The molecule has 5 heteroatoms. The maximum Gasteiger partial charge on any atom is 0.191 e. The van der Waals surface area contributed by atoms with Gasteiger partial charge in [-0.2, -0.15) is 11.8 Å². The number of guanidine groups is 1. The molecule has 0 heterocycles. The molecule has 1 aliphatic carbocycles. The molecular formula is C20H34N4S. The van der Waals surface area contributed by atoms with E-state index in [0.717, 1.165) is 37.4 Å². The summed E-state index contributed by atoms with van der Waals surface area (Å²) in [6.07, 6.45) is 6.00. The van der Waals surface area contributed by atoms with Gasteiger partial charge in [-0.05, 0) is 49.7 Å². The molecule has 2 unspecified atom stereocenters. The van der Waals surface area contributed by atoms with Gasteiger partial charge in [0.05, 0.1) is 0 Å². The Balaban J connectivity index is 1.91. The smallest absolute Gasteiger partial charge is 0.191 e. The van der Waals surface area contributed by atoms with E-state index in [4.69, 9.17) is 0 Å². The van der Waals surface area contributed by atoms with E-state index in [1.807, 2.05) is 18.8 Å². The maximum atomic E-state index is 4.42. The van der Waals surface area contributed by atoms with E-state index in [1.165, 1.54) is 30.4 Å². The van der Waals surface area contributed by atoms with Crippen LogP contribution in [0.2, 0.25) is 0 Å². The lowest BCUT2D eigenvalue weighted by Gasteiger charge is -2.21. The number of nitrogens with one attached hydrogen (secondary N) is 2. The second-order valence-electron chi connectivity index (χ2n) is 6.67. The minimum Gasteiger partial charge on any atom is -0.354 e. The van der Waals surface area contributed by atoms with Gasteiger partial charge in [0, 0.05) is 31.4 Å². The van der Waals surface area contributed by atoms with Crippen molar-refractivity contribution in [2.75, 3.05) is 26.4 Å². The molecule has 2 N–H and O–H groups in total. The molecule has 1 aromatic rings. The van der Waals surface area contributed by atoms with Gasteiger partial charge in [-0.1, -0.05) is 38.1 Å². The quantitative estimate of drug-likeness (QED) is 0.549. The summed E-state index contributed by atoms with van der Waals surface area (Å²) in [6, 6.07) is 9.27. The molecule has 0 spiro atoms. The molecule has 1 fully saturated rings. The van der Waals surface area contributed by atoms with Crippen molar-refractivity contribution in [1.29, 1.82) is 0 Å². The molecule has 2 rings (SSSR count). The zero-order valence-corrected chi connectivity index (χ0v) is 17.0. The summed E-state index contributed by atoms with van der Waals surface area (Å²) in [4.78, 5) is 6.87. The normalized spacial score (nSPS) is 20.9. The van der Waals surface area contributed by atoms with Crippen LogP contribution in [0.4, 0.5) is 0 Å². The Morgan fingerprint density at radius 2 is 1.92 bits per heavy atom. The first-order valence-electron chi connectivity index (χ1n) is 9.49. The van der Waals surface area contributed by atoms with Crippen molar-refractivity contribution in [3.63, 3.8) is 0 Å². The van der Waals surface area contributed by atoms with E-state index >= 15 is 0 Å². The van der Waals surface area contributed by atoms with Gasteiger partial charge in [-0.15, -0.1) is 0 Å². The minimum absolute atomic E-state index is 0.551. The third-order valence-electron chi connectivity index (χ3n) is 5.14. The van der Waals surface area contributed by atoms with Crippen LogP contribution in [0.5, 0.6) is 0 Å². The van der Waals surface area contributed by atoms with Gasteiger partial charge in [0.15, 0.2) is 5.96 Å². The summed E-state index contributed by atoms with van der Waals surface area (Å²) in [7, 11) is 1.86. The lowest BCUT2D eigenvalue weighted by Crippen LogP contribution is -2.42. The van der Waals surface area contributed by atoms with Crippen molar-refractivity contribution in [3.05, 3.63) is 35.4 Å². The van der Waals surface area contributed by atoms with E-state index in [2.05, 4.69) is 64.9 Å². The van der Waals surface area contributed by atoms with Crippen LogP contribution < -0.4 is 10.6 Å². The molecule has 1 saturated carbocycles. The van der Waals surface area contributed by atoms with Crippen molar-refractivity contribution in [2.24, 2.45) is 4.99 Å². The summed E-state index contributed by atoms with van der Waals surface area (Å²) in [5, 5.41) is 7.90. The molecular weight excluding hydrogens is 328 g/mol. The zero-order valence-electron chi connectivity index (χ0n) is 16.2. The molecule has 2 atom stereocenters. The Hall–Kier alpha value is -1.20. The van der Waals surface area contributed by atoms with Crippen LogP contribution in [-0.4, -0.2) is 48.5 Å². The van der Waals surface area contributed by atoms with Gasteiger partial charge < -0.3 is 10.6 Å². The standard InChI is InChI=1S/C20H34N4S/c1-5-24(6-2)15-17-10-8-7-9-16(17)14-22-20(21-3)23-18-11-12-19(13-18)25-4/h7-10,18-19H,5-6,11-15H2,1-4H3,(H2,21,22,23). The van der Waals surface area contributed by atoms with Crippen LogP contribution in [0, 0.1) is 0 Å². The molecule has 1 aromatic carbocycles. The summed E-state index contributed by atoms with van der Waals surface area (Å²) in [5.74, 6) is 0.921. The number of nitrogens with zero attached hydrogens (tertiary/aromatic N) is 2. The van der Waals surface area contributed by atoms with Gasteiger partial charge in [-0.25, -0.2) is 0 Å². The second-order valence-corrected chi connectivity index (χ2v) is 7.81. The number of benzene rings is 1. The average molecular weight is 363 g/mol. The predicted octanol–water partition coefficient (Wildman–Crippen LogP) is 3.48. The first-order chi connectivity index (χ1) is 12.2. The van der Waals surface area contributed by atoms with Crippen LogP contribution in [0.3, 0.4) is 0 Å². The van der Waals surface area contributed by atoms with Crippen molar-refractivity contribution in [3.8, 4) is 0 Å². The van der Waals surface area contributed by atoms with E-state index in [1.54, 1.807) is 0 Å². The summed E-state index contributed by atoms with van der Waals surface area (Å²) < 4.78 is 0. The fourth-order valence-electron chi connectivity index (χ4n) is 3.42. The lowest BCUT2D eigenvalue weighted by atomic mass is 10.1. The first kappa shape index (κ1) is 20.1. The molecule has 0 aliphatic heterocycles. The molecule has 0 amide bonds. The highest BCUT2D eigenvalue weighted by atomic mass is 32.2. The van der Waals surface area contributed by atoms with Crippen LogP contribution in [0.25, 0.3) is 0 Å². The summed E-state index contributed by atoms with van der Waals surface area (Å²) in [6.45, 7) is 8.43. The van der Waals surface area contributed by atoms with E-state index in [0.29, 0.717) is 6.04 Å². The van der Waals surface area contributed by atoms with Crippen molar-refractivity contribution in [1.82, 2.24) is 15.5 Å². The van der Waals surface area contributed by atoms with Crippen LogP contribution in [0.15, 0.2) is 29.3 Å². The molecule has 0 bridgehead atoms. The highest BCUT2D eigenvalue weighted by molar-refractivity contribution is 7.99. The van der Waals surface area contributed by atoms with Crippen LogP contribution in [-0.2, 0) is 13.1 Å². The summed E-state index contributed by atoms with van der Waals surface area (Å²) >= 11 is 1.99. The lowest BCUT2D eigenvalue weighted by molar-refractivity contribution is 0.295. The molecule has 0 aromatic heterocycles. The SMILES string of the molecule is CCN(CC)Cc1ccccc1CNC(=NC)NC1CCC(SC)C1. The number of thioether (sulfide) groups is 1. The van der Waals surface area contributed by atoms with E-state index < -0.39 is 0 Å². The maximum absolute atomic E-state index is 4.42. The molecule has 25 heavy (non-hydrogen) atoms. The van der Waals surface area contributed by atoms with Crippen LogP contribution >= 0.6 is 11.8 Å². The molecule has 0 radical (unpaired) electrons. The van der Waals surface area contributed by atoms with Gasteiger partial charge in [0.1, 0.15) is 0 Å². The second kappa shape index (κ2) is 10.7. The molecule has 1 aliphatic rings.